The van der Waals surface area contributed by atoms with E-state index in [1.807, 2.05) is 24.3 Å². The van der Waals surface area contributed by atoms with E-state index in [-0.39, 0.29) is 11.1 Å². The molecule has 40 heavy (non-hydrogen) atoms. The zero-order valence-corrected chi connectivity index (χ0v) is 24.1. The van der Waals surface area contributed by atoms with Crippen LogP contribution in [0.25, 0.3) is 0 Å². The number of fused-ring (bicyclic) bond motifs is 7. The van der Waals surface area contributed by atoms with Gasteiger partial charge in [0.2, 0.25) is 0 Å². The normalized spacial score (nSPS) is 37.4. The number of halogens is 6. The number of para-hydroxylation sites is 1. The third kappa shape index (κ3) is 2.68. The van der Waals surface area contributed by atoms with E-state index in [0.29, 0.717) is 23.0 Å². The van der Waals surface area contributed by atoms with E-state index in [1.165, 1.54) is 35.7 Å². The SMILES string of the molecule is CC1=CC2=C3C(=C4C=C(/C=C\C56OCCN5c5ccccc5C6(C)C)S[C@@]4(C)[C@]2(C)S1)C(F)(F)C(F)(F)C3(F)F. The second-order valence-corrected chi connectivity index (χ2v) is 15.2. The average Bonchev–Trinajstić information content (AvgIpc) is 3.59. The second kappa shape index (κ2) is 7.48. The summed E-state index contributed by atoms with van der Waals surface area (Å²) in [5, 5.41) is 0. The van der Waals surface area contributed by atoms with E-state index in [1.54, 1.807) is 26.8 Å². The van der Waals surface area contributed by atoms with Crippen LogP contribution in [0.15, 0.2) is 80.7 Å². The van der Waals surface area contributed by atoms with Crippen molar-refractivity contribution in [3.63, 3.8) is 0 Å². The third-order valence-electron chi connectivity index (χ3n) is 9.74. The average molecular weight is 596 g/mol. The van der Waals surface area contributed by atoms with Gasteiger partial charge in [0.15, 0.2) is 5.72 Å². The Balaban J connectivity index is 1.40. The standard InChI is InChI=1S/C30H27F6NOS2/c1-16-14-19-22-23(29(33,34)30(35,36)28(22,31)32)20-15-17(40-26(20,5)25(19,4)39-16)10-11-27-24(2,3)18-8-6-7-9-21(18)37(27)12-13-38-27/h6-11,14-15H,12-13H2,1-5H3/b11-10-/t25-,26-,27?/m1/s1. The maximum absolute atomic E-state index is 15.4. The topological polar surface area (TPSA) is 12.5 Å². The molecule has 4 aliphatic heterocycles. The quantitative estimate of drug-likeness (QED) is 0.318. The van der Waals surface area contributed by atoms with E-state index in [9.17, 15) is 8.78 Å². The number of rotatable bonds is 2. The lowest BCUT2D eigenvalue weighted by atomic mass is 9.71. The molecule has 1 saturated carbocycles. The molecule has 1 saturated heterocycles. The van der Waals surface area contributed by atoms with Gasteiger partial charge in [-0.05, 0) is 72.8 Å². The van der Waals surface area contributed by atoms with Gasteiger partial charge in [0.1, 0.15) is 0 Å². The summed E-state index contributed by atoms with van der Waals surface area (Å²) >= 11 is 2.52. The van der Waals surface area contributed by atoms with Crippen molar-refractivity contribution in [1.82, 2.24) is 0 Å². The molecule has 2 nitrogen and oxygen atoms in total. The number of nitrogens with zero attached hydrogens (tertiary/aromatic N) is 1. The van der Waals surface area contributed by atoms with Gasteiger partial charge in [-0.15, -0.1) is 23.5 Å². The summed E-state index contributed by atoms with van der Waals surface area (Å²) in [7, 11) is 0. The molecule has 0 aromatic heterocycles. The van der Waals surface area contributed by atoms with Gasteiger partial charge >= 0.3 is 17.8 Å². The molecular weight excluding hydrogens is 568 g/mol. The fourth-order valence-electron chi connectivity index (χ4n) is 7.52. The van der Waals surface area contributed by atoms with Crippen LogP contribution in [0.2, 0.25) is 0 Å². The van der Waals surface area contributed by atoms with Gasteiger partial charge in [-0.1, -0.05) is 32.0 Å². The zero-order valence-electron chi connectivity index (χ0n) is 22.5. The van der Waals surface area contributed by atoms with E-state index < -0.39 is 49.5 Å². The molecule has 0 amide bonds. The van der Waals surface area contributed by atoms with Gasteiger partial charge in [0.25, 0.3) is 0 Å². The first-order valence-corrected chi connectivity index (χ1v) is 14.7. The lowest BCUT2D eigenvalue weighted by molar-refractivity contribution is -0.258. The Morgan fingerprint density at radius 3 is 2.12 bits per heavy atom. The summed E-state index contributed by atoms with van der Waals surface area (Å²) in [6, 6.07) is 8.04. The Labute approximate surface area is 237 Å². The highest BCUT2D eigenvalue weighted by molar-refractivity contribution is 8.09. The van der Waals surface area contributed by atoms with Crippen LogP contribution in [0.5, 0.6) is 0 Å². The molecule has 10 heteroatoms. The number of thioether (sulfide) groups is 2. The monoisotopic (exact) mass is 595 g/mol. The van der Waals surface area contributed by atoms with Gasteiger partial charge in [0.05, 0.1) is 16.1 Å². The molecule has 1 aromatic carbocycles. The summed E-state index contributed by atoms with van der Waals surface area (Å²) in [5.74, 6) is -15.6. The molecule has 0 spiro atoms. The van der Waals surface area contributed by atoms with Crippen molar-refractivity contribution in [2.24, 2.45) is 0 Å². The van der Waals surface area contributed by atoms with Gasteiger partial charge in [-0.3, -0.25) is 0 Å². The Hall–Kier alpha value is -2.04. The smallest absolute Gasteiger partial charge is 0.349 e. The summed E-state index contributed by atoms with van der Waals surface area (Å²) < 4.78 is 95.0. The molecule has 2 fully saturated rings. The van der Waals surface area contributed by atoms with Crippen molar-refractivity contribution >= 4 is 29.2 Å². The van der Waals surface area contributed by atoms with Crippen molar-refractivity contribution in [1.29, 1.82) is 0 Å². The van der Waals surface area contributed by atoms with Gasteiger partial charge in [-0.25, -0.2) is 0 Å². The van der Waals surface area contributed by atoms with Crippen LogP contribution < -0.4 is 4.90 Å². The highest BCUT2D eigenvalue weighted by Gasteiger charge is 2.84. The van der Waals surface area contributed by atoms with E-state index in [4.69, 9.17) is 4.74 Å². The first-order valence-electron chi connectivity index (χ1n) is 13.1. The van der Waals surface area contributed by atoms with Gasteiger partial charge < -0.3 is 9.64 Å². The molecular formula is C30H27F6NOS2. The lowest BCUT2D eigenvalue weighted by Gasteiger charge is -2.47. The van der Waals surface area contributed by atoms with Crippen molar-refractivity contribution in [3.05, 3.63) is 86.2 Å². The summed E-state index contributed by atoms with van der Waals surface area (Å²) in [4.78, 5) is 3.33. The van der Waals surface area contributed by atoms with Crippen LogP contribution in [0.3, 0.4) is 0 Å². The van der Waals surface area contributed by atoms with Gasteiger partial charge in [-0.2, -0.15) is 26.3 Å². The van der Waals surface area contributed by atoms with Crippen molar-refractivity contribution in [3.8, 4) is 0 Å². The van der Waals surface area contributed by atoms with E-state index in [0.717, 1.165) is 11.3 Å². The lowest BCUT2D eigenvalue weighted by Crippen LogP contribution is -2.51. The number of ether oxygens (including phenoxy) is 1. The van der Waals surface area contributed by atoms with Crippen LogP contribution >= 0.6 is 23.5 Å². The minimum Gasteiger partial charge on any atom is -0.349 e. The number of hydrogen-bond donors (Lipinski definition) is 0. The molecule has 0 bridgehead atoms. The summed E-state index contributed by atoms with van der Waals surface area (Å²) in [5.41, 5.74) is -1.89. The van der Waals surface area contributed by atoms with Crippen LogP contribution in [0.4, 0.5) is 32.0 Å². The van der Waals surface area contributed by atoms with Crippen LogP contribution in [-0.2, 0) is 10.2 Å². The summed E-state index contributed by atoms with van der Waals surface area (Å²) in [6.45, 7) is 10.4. The minimum atomic E-state index is -5.54. The van der Waals surface area contributed by atoms with Crippen molar-refractivity contribution < 1.29 is 31.1 Å². The second-order valence-electron chi connectivity index (χ2n) is 12.0. The minimum absolute atomic E-state index is 0.138. The molecule has 0 radical (unpaired) electrons. The Bertz CT molecular complexity index is 1550. The fraction of sp³-hybridized carbons (Fsp3) is 0.467. The molecule has 1 aromatic rings. The fourth-order valence-corrected chi connectivity index (χ4v) is 10.5. The third-order valence-corrected chi connectivity index (χ3v) is 12.9. The predicted octanol–water partition coefficient (Wildman–Crippen LogP) is 8.39. The first kappa shape index (κ1) is 26.8. The molecule has 1 unspecified atom stereocenters. The molecule has 212 valence electrons. The van der Waals surface area contributed by atoms with E-state index >= 15 is 17.6 Å². The molecule has 2 aliphatic carbocycles. The van der Waals surface area contributed by atoms with Gasteiger partial charge in [0, 0.05) is 33.7 Å². The Morgan fingerprint density at radius 1 is 0.850 bits per heavy atom. The molecule has 7 rings (SSSR count). The molecule has 6 aliphatic rings. The Kier molecular flexibility index (Phi) is 5.01. The maximum Gasteiger partial charge on any atom is 0.380 e. The largest absolute Gasteiger partial charge is 0.380 e. The summed E-state index contributed by atoms with van der Waals surface area (Å²) in [6.07, 6.45) is 6.47. The zero-order chi connectivity index (χ0) is 28.9. The number of benzene rings is 1. The van der Waals surface area contributed by atoms with Crippen LogP contribution in [-0.4, -0.2) is 46.1 Å². The number of anilines is 1. The highest BCUT2D eigenvalue weighted by Crippen LogP contribution is 2.74. The molecule has 3 atom stereocenters. The van der Waals surface area contributed by atoms with Crippen molar-refractivity contribution in [2.45, 2.75) is 73.0 Å². The molecule has 4 heterocycles. The van der Waals surface area contributed by atoms with Crippen LogP contribution in [0.1, 0.15) is 40.2 Å². The maximum atomic E-state index is 15.4. The first-order chi connectivity index (χ1) is 18.5. The molecule has 0 N–H and O–H groups in total. The number of hydrogen-bond acceptors (Lipinski definition) is 4. The van der Waals surface area contributed by atoms with E-state index in [2.05, 4.69) is 24.8 Å². The number of allylic oxidation sites excluding steroid dienone is 6. The number of alkyl halides is 6. The van der Waals surface area contributed by atoms with Crippen molar-refractivity contribution in [2.75, 3.05) is 18.1 Å². The van der Waals surface area contributed by atoms with Crippen LogP contribution in [0, 0.1) is 0 Å². The highest BCUT2D eigenvalue weighted by atomic mass is 32.2. The Morgan fingerprint density at radius 2 is 1.45 bits per heavy atom. The predicted molar refractivity (Wildman–Crippen MR) is 147 cm³/mol.